The quantitative estimate of drug-likeness (QED) is 0.186. The Labute approximate surface area is 293 Å². The molecule has 262 valence electrons. The number of hydrogen-bond acceptors (Lipinski definition) is 6. The number of aromatic nitrogens is 4. The van der Waals surface area contributed by atoms with Gasteiger partial charge in [0.05, 0.1) is 35.9 Å². The van der Waals surface area contributed by atoms with E-state index in [4.69, 9.17) is 14.7 Å². The van der Waals surface area contributed by atoms with Gasteiger partial charge in [0.25, 0.3) is 0 Å². The van der Waals surface area contributed by atoms with Crippen LogP contribution in [0.3, 0.4) is 0 Å². The fourth-order valence-electron chi connectivity index (χ4n) is 6.84. The lowest BCUT2D eigenvalue weighted by Gasteiger charge is -2.29. The number of carbonyl (C=O) groups excluding carboxylic acids is 3. The summed E-state index contributed by atoms with van der Waals surface area (Å²) in [5, 5.41) is 2.69. The van der Waals surface area contributed by atoms with Crippen LogP contribution in [0, 0.1) is 29.6 Å². The van der Waals surface area contributed by atoms with Gasteiger partial charge in [0.2, 0.25) is 11.8 Å². The molecule has 0 unspecified atom stereocenters. The number of carbonyl (C=O) groups is 3. The van der Waals surface area contributed by atoms with E-state index in [2.05, 4.69) is 41.0 Å². The number of amides is 3. The van der Waals surface area contributed by atoms with Gasteiger partial charge in [-0.25, -0.2) is 14.8 Å². The third-order valence-corrected chi connectivity index (χ3v) is 10.1. The summed E-state index contributed by atoms with van der Waals surface area (Å²) in [6.07, 6.45) is 4.78. The molecule has 11 nitrogen and oxygen atoms in total. The Hall–Kier alpha value is -5.11. The molecule has 4 atom stereocenters. The third-order valence-electron chi connectivity index (χ3n) is 10.1. The summed E-state index contributed by atoms with van der Waals surface area (Å²) >= 11 is 0. The van der Waals surface area contributed by atoms with Gasteiger partial charge < -0.3 is 29.8 Å². The number of methoxy groups -OCH3 is 1. The van der Waals surface area contributed by atoms with E-state index in [1.54, 1.807) is 0 Å². The van der Waals surface area contributed by atoms with Gasteiger partial charge in [-0.1, -0.05) is 58.6 Å². The highest BCUT2D eigenvalue weighted by Gasteiger charge is 2.38. The number of nitrogens with zero attached hydrogens (tertiary/aromatic N) is 4. The van der Waals surface area contributed by atoms with Crippen molar-refractivity contribution >= 4 is 28.9 Å². The number of alkyl carbamates (subject to hydrolysis) is 1. The zero-order chi connectivity index (χ0) is 35.5. The Balaban J connectivity index is 1.12. The maximum absolute atomic E-state index is 13.5. The van der Waals surface area contributed by atoms with Crippen molar-refractivity contribution in [2.75, 3.05) is 20.2 Å². The van der Waals surface area contributed by atoms with Crippen molar-refractivity contribution in [2.24, 2.45) is 17.8 Å². The zero-order valence-corrected chi connectivity index (χ0v) is 29.7. The molecule has 4 heterocycles. The standard InChI is InChI=1S/C39H47N7O4/c1-23(2)25(5)37(47)45-19-8-10-33(45)36-41-29-18-15-27(21-30(29)42-36)12-11-26-13-16-28(17-14-26)31-22-40-35(43-31)32-9-7-20-46(32)38(48)34(24(3)4)44-39(49)50-6/h13-18,21-25,32-34H,7-10,19-20H2,1-6H3,(H,40,43)(H,41,42)(H,44,49)/t25-,32-,33-,34+/m0/s1. The van der Waals surface area contributed by atoms with Crippen molar-refractivity contribution in [3.63, 3.8) is 0 Å². The minimum absolute atomic E-state index is 0.0188. The second-order valence-electron chi connectivity index (χ2n) is 14.1. The SMILES string of the molecule is COC(=O)N[C@@H](C(=O)N1CCC[C@H]1c1nc(-c2ccc(C#Cc3ccc4[nH]c([C@@H]5CCCN5C(=O)[C@@H](C)C(C)C)nc4c3)cc2)c[nH]1)C(C)C. The molecule has 2 aromatic heterocycles. The molecule has 0 aliphatic carbocycles. The molecule has 2 fully saturated rings. The molecule has 3 amide bonds. The molecule has 6 rings (SSSR count). The van der Waals surface area contributed by atoms with Crippen molar-refractivity contribution in [2.45, 2.75) is 78.4 Å². The second-order valence-corrected chi connectivity index (χ2v) is 14.1. The lowest BCUT2D eigenvalue weighted by Crippen LogP contribution is -2.51. The molecule has 0 radical (unpaired) electrons. The monoisotopic (exact) mass is 677 g/mol. The number of aromatic amines is 2. The summed E-state index contributed by atoms with van der Waals surface area (Å²) in [5.74, 6) is 8.35. The van der Waals surface area contributed by atoms with Crippen LogP contribution in [0.1, 0.15) is 95.2 Å². The molecular weight excluding hydrogens is 630 g/mol. The van der Waals surface area contributed by atoms with Gasteiger partial charge in [-0.05, 0) is 67.9 Å². The van der Waals surface area contributed by atoms with Gasteiger partial charge in [-0.2, -0.15) is 0 Å². The van der Waals surface area contributed by atoms with Crippen LogP contribution in [0.4, 0.5) is 4.79 Å². The van der Waals surface area contributed by atoms with Crippen LogP contribution < -0.4 is 5.32 Å². The normalized spacial score (nSPS) is 18.7. The molecule has 3 N–H and O–H groups in total. The van der Waals surface area contributed by atoms with Gasteiger partial charge in [-0.15, -0.1) is 0 Å². The molecule has 2 aliphatic heterocycles. The van der Waals surface area contributed by atoms with E-state index in [9.17, 15) is 14.4 Å². The van der Waals surface area contributed by atoms with Crippen LogP contribution in [-0.4, -0.2) is 73.9 Å². The van der Waals surface area contributed by atoms with E-state index < -0.39 is 12.1 Å². The summed E-state index contributed by atoms with van der Waals surface area (Å²) < 4.78 is 4.74. The molecule has 2 saturated heterocycles. The van der Waals surface area contributed by atoms with Gasteiger partial charge in [-0.3, -0.25) is 9.59 Å². The first-order chi connectivity index (χ1) is 24.0. The van der Waals surface area contributed by atoms with Crippen LogP contribution in [0.15, 0.2) is 48.7 Å². The molecule has 11 heteroatoms. The highest BCUT2D eigenvalue weighted by atomic mass is 16.5. The van der Waals surface area contributed by atoms with E-state index in [1.165, 1.54) is 7.11 Å². The molecule has 2 aliphatic rings. The minimum Gasteiger partial charge on any atom is -0.453 e. The van der Waals surface area contributed by atoms with Crippen LogP contribution in [-0.2, 0) is 14.3 Å². The lowest BCUT2D eigenvalue weighted by molar-refractivity contribution is -0.137. The average molecular weight is 678 g/mol. The zero-order valence-electron chi connectivity index (χ0n) is 29.7. The molecule has 0 spiro atoms. The number of likely N-dealkylation sites (tertiary alicyclic amines) is 2. The molecule has 0 bridgehead atoms. The van der Waals surface area contributed by atoms with Gasteiger partial charge in [0.15, 0.2) is 0 Å². The predicted molar refractivity (Wildman–Crippen MR) is 192 cm³/mol. The number of imidazole rings is 2. The Morgan fingerprint density at radius 3 is 2.14 bits per heavy atom. The number of benzene rings is 2. The van der Waals surface area contributed by atoms with Crippen LogP contribution in [0.5, 0.6) is 0 Å². The van der Waals surface area contributed by atoms with Crippen LogP contribution >= 0.6 is 0 Å². The van der Waals surface area contributed by atoms with Gasteiger partial charge >= 0.3 is 6.09 Å². The Morgan fingerprint density at radius 2 is 1.48 bits per heavy atom. The molecule has 2 aromatic carbocycles. The van der Waals surface area contributed by atoms with Gasteiger partial charge in [0.1, 0.15) is 17.7 Å². The maximum Gasteiger partial charge on any atom is 0.407 e. The number of nitrogens with one attached hydrogen (secondary N) is 3. The second kappa shape index (κ2) is 14.8. The fraction of sp³-hybridized carbons (Fsp3) is 0.462. The van der Waals surface area contributed by atoms with Crippen molar-refractivity contribution in [3.8, 4) is 23.1 Å². The number of fused-ring (bicyclic) bond motifs is 1. The highest BCUT2D eigenvalue weighted by Crippen LogP contribution is 2.34. The van der Waals surface area contributed by atoms with Crippen molar-refractivity contribution in [3.05, 3.63) is 71.4 Å². The van der Waals surface area contributed by atoms with Crippen molar-refractivity contribution in [1.82, 2.24) is 35.1 Å². The average Bonchev–Trinajstić information content (AvgIpc) is 3.94. The fourth-order valence-corrected chi connectivity index (χ4v) is 6.84. The van der Waals surface area contributed by atoms with Crippen molar-refractivity contribution in [1.29, 1.82) is 0 Å². The molecular formula is C39H47N7O4. The van der Waals surface area contributed by atoms with E-state index in [0.717, 1.165) is 77.3 Å². The van der Waals surface area contributed by atoms with Crippen LogP contribution in [0.2, 0.25) is 0 Å². The van der Waals surface area contributed by atoms with Gasteiger partial charge in [0, 0.05) is 41.9 Å². The number of rotatable bonds is 8. The number of H-pyrrole nitrogens is 2. The first-order valence-electron chi connectivity index (χ1n) is 17.7. The van der Waals surface area contributed by atoms with E-state index in [1.807, 2.05) is 79.2 Å². The van der Waals surface area contributed by atoms with E-state index in [-0.39, 0.29) is 35.7 Å². The summed E-state index contributed by atoms with van der Waals surface area (Å²) in [5.41, 5.74) is 5.24. The van der Waals surface area contributed by atoms with Crippen LogP contribution in [0.25, 0.3) is 22.3 Å². The Bertz CT molecular complexity index is 1920. The first-order valence-corrected chi connectivity index (χ1v) is 17.7. The smallest absolute Gasteiger partial charge is 0.407 e. The highest BCUT2D eigenvalue weighted by molar-refractivity contribution is 5.86. The number of hydrogen-bond donors (Lipinski definition) is 3. The Morgan fingerprint density at radius 1 is 0.840 bits per heavy atom. The summed E-state index contributed by atoms with van der Waals surface area (Å²) in [4.78, 5) is 58.8. The maximum atomic E-state index is 13.5. The summed E-state index contributed by atoms with van der Waals surface area (Å²) in [6, 6.07) is 13.0. The summed E-state index contributed by atoms with van der Waals surface area (Å²) in [6.45, 7) is 11.4. The van der Waals surface area contributed by atoms with E-state index in [0.29, 0.717) is 12.5 Å². The lowest BCUT2D eigenvalue weighted by atomic mass is 9.96. The predicted octanol–water partition coefficient (Wildman–Crippen LogP) is 6.35. The molecule has 4 aromatic rings. The topological polar surface area (TPSA) is 136 Å². The third kappa shape index (κ3) is 7.25. The summed E-state index contributed by atoms with van der Waals surface area (Å²) in [7, 11) is 1.29. The number of ether oxygens (including phenoxy) is 1. The van der Waals surface area contributed by atoms with E-state index >= 15 is 0 Å². The Kier molecular flexibility index (Phi) is 10.3. The van der Waals surface area contributed by atoms with Crippen molar-refractivity contribution < 1.29 is 19.1 Å². The largest absolute Gasteiger partial charge is 0.453 e. The first kappa shape index (κ1) is 34.7. The molecule has 0 saturated carbocycles. The minimum atomic E-state index is -0.678. The molecule has 50 heavy (non-hydrogen) atoms.